The van der Waals surface area contributed by atoms with Crippen molar-refractivity contribution in [1.82, 2.24) is 9.97 Å². The van der Waals surface area contributed by atoms with E-state index in [9.17, 15) is 0 Å². The lowest BCUT2D eigenvalue weighted by atomic mass is 9.83. The van der Waals surface area contributed by atoms with Crippen LogP contribution < -0.4 is 10.5 Å². The fourth-order valence-electron chi connectivity index (χ4n) is 1.51. The lowest BCUT2D eigenvalue weighted by Crippen LogP contribution is -2.14. The van der Waals surface area contributed by atoms with Crippen LogP contribution in [0.1, 0.15) is 25.7 Å². The van der Waals surface area contributed by atoms with Crippen LogP contribution >= 0.6 is 0 Å². The van der Waals surface area contributed by atoms with Gasteiger partial charge in [0.1, 0.15) is 5.82 Å². The van der Waals surface area contributed by atoms with Crippen molar-refractivity contribution >= 4 is 5.82 Å². The zero-order chi connectivity index (χ0) is 9.80. The van der Waals surface area contributed by atoms with E-state index in [2.05, 4.69) is 9.97 Å². The second-order valence-electron chi connectivity index (χ2n) is 3.71. The van der Waals surface area contributed by atoms with Gasteiger partial charge in [0.05, 0.1) is 19.0 Å². The quantitative estimate of drug-likeness (QED) is 0.789. The normalized spacial score (nSPS) is 16.3. The highest BCUT2D eigenvalue weighted by atomic mass is 16.5. The van der Waals surface area contributed by atoms with Crippen LogP contribution in [0.5, 0.6) is 5.88 Å². The first-order valence-corrected chi connectivity index (χ1v) is 5.05. The third-order valence-corrected chi connectivity index (χ3v) is 2.65. The summed E-state index contributed by atoms with van der Waals surface area (Å²) in [6.45, 7) is 0.739. The Morgan fingerprint density at radius 3 is 2.79 bits per heavy atom. The smallest absolute Gasteiger partial charge is 0.232 e. The van der Waals surface area contributed by atoms with E-state index in [1.807, 2.05) is 0 Å². The van der Waals surface area contributed by atoms with Crippen molar-refractivity contribution in [2.45, 2.75) is 25.7 Å². The lowest BCUT2D eigenvalue weighted by Gasteiger charge is -2.24. The molecular weight excluding hydrogens is 178 g/mol. The number of nitrogens with two attached hydrogens (primary N) is 1. The molecule has 0 radical (unpaired) electrons. The molecule has 0 atom stereocenters. The fraction of sp³-hybridized carbons (Fsp3) is 0.600. The second-order valence-corrected chi connectivity index (χ2v) is 3.71. The summed E-state index contributed by atoms with van der Waals surface area (Å²) >= 11 is 0. The summed E-state index contributed by atoms with van der Waals surface area (Å²) < 4.78 is 5.44. The van der Waals surface area contributed by atoms with Gasteiger partial charge in [0, 0.05) is 0 Å². The van der Waals surface area contributed by atoms with E-state index in [1.54, 1.807) is 6.20 Å². The monoisotopic (exact) mass is 193 g/mol. The maximum absolute atomic E-state index is 5.44. The van der Waals surface area contributed by atoms with Gasteiger partial charge in [-0.25, -0.2) is 9.97 Å². The summed E-state index contributed by atoms with van der Waals surface area (Å²) in [4.78, 5) is 7.91. The van der Waals surface area contributed by atoms with Gasteiger partial charge in [0.25, 0.3) is 0 Å². The summed E-state index contributed by atoms with van der Waals surface area (Å²) in [6, 6.07) is 0. The number of ether oxygens (including phenoxy) is 1. The number of nitrogens with zero attached hydrogens (tertiary/aromatic N) is 2. The minimum absolute atomic E-state index is 0.427. The first-order chi connectivity index (χ1) is 6.84. The molecule has 1 aromatic rings. The van der Waals surface area contributed by atoms with Crippen LogP contribution in [0.2, 0.25) is 0 Å². The first kappa shape index (κ1) is 9.24. The molecule has 76 valence electrons. The van der Waals surface area contributed by atoms with Crippen LogP contribution in [-0.2, 0) is 0 Å². The van der Waals surface area contributed by atoms with E-state index in [0.717, 1.165) is 18.9 Å². The van der Waals surface area contributed by atoms with Crippen molar-refractivity contribution < 1.29 is 4.74 Å². The molecule has 1 fully saturated rings. The molecule has 0 amide bonds. The molecule has 0 saturated heterocycles. The topological polar surface area (TPSA) is 61.0 Å². The molecule has 1 saturated carbocycles. The Morgan fingerprint density at radius 1 is 1.36 bits per heavy atom. The Hall–Kier alpha value is -1.32. The number of rotatable bonds is 4. The van der Waals surface area contributed by atoms with Crippen molar-refractivity contribution in [3.8, 4) is 5.88 Å². The van der Waals surface area contributed by atoms with E-state index in [-0.39, 0.29) is 0 Å². The Bertz CT molecular complexity index is 282. The van der Waals surface area contributed by atoms with E-state index >= 15 is 0 Å². The third-order valence-electron chi connectivity index (χ3n) is 2.65. The molecule has 0 bridgehead atoms. The summed E-state index contributed by atoms with van der Waals surface area (Å²) in [5, 5.41) is 0. The third kappa shape index (κ3) is 2.34. The summed E-state index contributed by atoms with van der Waals surface area (Å²) in [7, 11) is 0. The number of nitrogen functional groups attached to an aromatic ring is 1. The summed E-state index contributed by atoms with van der Waals surface area (Å²) in [5.74, 6) is 1.87. The van der Waals surface area contributed by atoms with Gasteiger partial charge in [0.15, 0.2) is 0 Å². The number of hydrogen-bond donors (Lipinski definition) is 1. The van der Waals surface area contributed by atoms with Crippen molar-refractivity contribution in [3.05, 3.63) is 12.4 Å². The van der Waals surface area contributed by atoms with Crippen LogP contribution in [0.25, 0.3) is 0 Å². The molecule has 0 aliphatic heterocycles. The van der Waals surface area contributed by atoms with Gasteiger partial charge >= 0.3 is 0 Å². The number of aromatic nitrogens is 2. The second kappa shape index (κ2) is 4.26. The van der Waals surface area contributed by atoms with Crippen LogP contribution in [0.3, 0.4) is 0 Å². The SMILES string of the molecule is Nc1cnc(OCCC2CCC2)cn1. The minimum atomic E-state index is 0.427. The molecule has 4 heteroatoms. The minimum Gasteiger partial charge on any atom is -0.477 e. The Kier molecular flexibility index (Phi) is 2.81. The zero-order valence-corrected chi connectivity index (χ0v) is 8.15. The van der Waals surface area contributed by atoms with Gasteiger partial charge in [0.2, 0.25) is 5.88 Å². The Morgan fingerprint density at radius 2 is 2.21 bits per heavy atom. The molecule has 1 aliphatic carbocycles. The van der Waals surface area contributed by atoms with E-state index in [4.69, 9.17) is 10.5 Å². The highest BCUT2D eigenvalue weighted by molar-refractivity contribution is 5.24. The molecule has 2 N–H and O–H groups in total. The molecule has 1 aromatic heterocycles. The van der Waals surface area contributed by atoms with Gasteiger partial charge in [-0.3, -0.25) is 0 Å². The van der Waals surface area contributed by atoms with Crippen molar-refractivity contribution in [2.75, 3.05) is 12.3 Å². The molecule has 1 heterocycles. The average Bonchev–Trinajstić information content (AvgIpc) is 2.12. The maximum atomic E-state index is 5.44. The van der Waals surface area contributed by atoms with Gasteiger partial charge in [-0.15, -0.1) is 0 Å². The van der Waals surface area contributed by atoms with Crippen LogP contribution in [0, 0.1) is 5.92 Å². The van der Waals surface area contributed by atoms with E-state index in [0.29, 0.717) is 11.7 Å². The van der Waals surface area contributed by atoms with Crippen molar-refractivity contribution in [2.24, 2.45) is 5.92 Å². The Labute approximate surface area is 83.5 Å². The molecule has 14 heavy (non-hydrogen) atoms. The molecule has 4 nitrogen and oxygen atoms in total. The van der Waals surface area contributed by atoms with Crippen molar-refractivity contribution in [3.63, 3.8) is 0 Å². The summed E-state index contributed by atoms with van der Waals surface area (Å²) in [5.41, 5.74) is 5.41. The average molecular weight is 193 g/mol. The highest BCUT2D eigenvalue weighted by Gasteiger charge is 2.16. The van der Waals surface area contributed by atoms with E-state index in [1.165, 1.54) is 25.5 Å². The highest BCUT2D eigenvalue weighted by Crippen LogP contribution is 2.29. The van der Waals surface area contributed by atoms with Gasteiger partial charge in [-0.05, 0) is 12.3 Å². The zero-order valence-electron chi connectivity index (χ0n) is 8.15. The number of anilines is 1. The Balaban J connectivity index is 1.71. The molecule has 1 aliphatic rings. The molecule has 0 aromatic carbocycles. The molecule has 0 spiro atoms. The molecule has 0 unspecified atom stereocenters. The van der Waals surface area contributed by atoms with Crippen LogP contribution in [-0.4, -0.2) is 16.6 Å². The summed E-state index contributed by atoms with van der Waals surface area (Å²) in [6.07, 6.45) is 8.31. The number of hydrogen-bond acceptors (Lipinski definition) is 4. The predicted octanol–water partition coefficient (Wildman–Crippen LogP) is 1.63. The van der Waals surface area contributed by atoms with Crippen molar-refractivity contribution in [1.29, 1.82) is 0 Å². The largest absolute Gasteiger partial charge is 0.477 e. The van der Waals surface area contributed by atoms with Crippen LogP contribution in [0.15, 0.2) is 12.4 Å². The first-order valence-electron chi connectivity index (χ1n) is 5.05. The lowest BCUT2D eigenvalue weighted by molar-refractivity contribution is 0.217. The molecular formula is C10H15N3O. The standard InChI is InChI=1S/C10H15N3O/c11-9-6-13-10(7-12-9)14-5-4-8-2-1-3-8/h6-8H,1-5H2,(H2,11,12). The van der Waals surface area contributed by atoms with Crippen LogP contribution in [0.4, 0.5) is 5.82 Å². The van der Waals surface area contributed by atoms with E-state index < -0.39 is 0 Å². The fourth-order valence-corrected chi connectivity index (χ4v) is 1.51. The predicted molar refractivity (Wildman–Crippen MR) is 53.9 cm³/mol. The van der Waals surface area contributed by atoms with Gasteiger partial charge < -0.3 is 10.5 Å². The van der Waals surface area contributed by atoms with Gasteiger partial charge in [-0.1, -0.05) is 19.3 Å². The molecule has 2 rings (SSSR count). The maximum Gasteiger partial charge on any atom is 0.232 e. The van der Waals surface area contributed by atoms with Gasteiger partial charge in [-0.2, -0.15) is 0 Å².